The van der Waals surface area contributed by atoms with Gasteiger partial charge in [0.25, 0.3) is 5.69 Å². The van der Waals surface area contributed by atoms with Crippen molar-refractivity contribution in [3.63, 3.8) is 0 Å². The van der Waals surface area contributed by atoms with Gasteiger partial charge >= 0.3 is 0 Å². The van der Waals surface area contributed by atoms with Crippen molar-refractivity contribution in [2.75, 3.05) is 22.4 Å². The average Bonchev–Trinajstić information content (AvgIpc) is 2.55. The molecular formula is C15H13Cl2N3O5S. The summed E-state index contributed by atoms with van der Waals surface area (Å²) in [6.07, 6.45) is 0.890. The summed E-state index contributed by atoms with van der Waals surface area (Å²) in [6, 6.07) is 9.57. The van der Waals surface area contributed by atoms with E-state index in [2.05, 4.69) is 5.32 Å². The first-order valence-corrected chi connectivity index (χ1v) is 9.66. The highest BCUT2D eigenvalue weighted by atomic mass is 35.5. The first-order chi connectivity index (χ1) is 12.1. The highest BCUT2D eigenvalue weighted by Gasteiger charge is 2.23. The number of anilines is 2. The summed E-state index contributed by atoms with van der Waals surface area (Å²) in [5.41, 5.74) is -0.166. The predicted octanol–water partition coefficient (Wildman–Crippen LogP) is 3.31. The van der Waals surface area contributed by atoms with E-state index < -0.39 is 27.4 Å². The molecule has 2 aromatic rings. The van der Waals surface area contributed by atoms with Crippen LogP contribution in [0.1, 0.15) is 0 Å². The molecule has 8 nitrogen and oxygen atoms in total. The van der Waals surface area contributed by atoms with Gasteiger partial charge in [-0.1, -0.05) is 35.3 Å². The van der Waals surface area contributed by atoms with Crippen LogP contribution < -0.4 is 9.62 Å². The molecule has 26 heavy (non-hydrogen) atoms. The summed E-state index contributed by atoms with van der Waals surface area (Å²) in [5.74, 6) is -0.711. The van der Waals surface area contributed by atoms with Crippen LogP contribution in [0.3, 0.4) is 0 Å². The van der Waals surface area contributed by atoms with Crippen molar-refractivity contribution in [2.24, 2.45) is 0 Å². The lowest BCUT2D eigenvalue weighted by Crippen LogP contribution is -2.37. The monoisotopic (exact) mass is 417 g/mol. The maximum Gasteiger partial charge on any atom is 0.271 e. The molecule has 11 heteroatoms. The second-order valence-electron chi connectivity index (χ2n) is 5.19. The number of benzene rings is 2. The fourth-order valence-corrected chi connectivity index (χ4v) is 3.43. The van der Waals surface area contributed by atoms with Gasteiger partial charge in [0.1, 0.15) is 6.54 Å². The Morgan fingerprint density at radius 3 is 2.31 bits per heavy atom. The van der Waals surface area contributed by atoms with E-state index in [9.17, 15) is 23.3 Å². The number of rotatable bonds is 6. The molecule has 0 saturated heterocycles. The van der Waals surface area contributed by atoms with Crippen LogP contribution in [0.15, 0.2) is 42.5 Å². The number of non-ortho nitro benzene ring substituents is 1. The minimum atomic E-state index is -3.88. The van der Waals surface area contributed by atoms with Gasteiger partial charge in [-0.25, -0.2) is 8.42 Å². The van der Waals surface area contributed by atoms with Crippen LogP contribution in [0.2, 0.25) is 10.0 Å². The van der Waals surface area contributed by atoms with Crippen LogP contribution in [0.25, 0.3) is 0 Å². The number of carbonyl (C=O) groups excluding carboxylic acids is 1. The molecule has 0 saturated carbocycles. The Labute approximate surface area is 159 Å². The Balaban J connectivity index is 2.31. The Hall–Kier alpha value is -2.36. The molecule has 0 heterocycles. The number of nitrogens with one attached hydrogen (secondary N) is 1. The number of halogens is 2. The number of hydrogen-bond donors (Lipinski definition) is 1. The highest BCUT2D eigenvalue weighted by Crippen LogP contribution is 2.30. The van der Waals surface area contributed by atoms with E-state index in [1.165, 1.54) is 30.3 Å². The summed E-state index contributed by atoms with van der Waals surface area (Å²) >= 11 is 11.9. The van der Waals surface area contributed by atoms with Crippen molar-refractivity contribution in [3.8, 4) is 0 Å². The molecule has 0 atom stereocenters. The summed E-state index contributed by atoms with van der Waals surface area (Å²) < 4.78 is 24.9. The molecule has 0 bridgehead atoms. The summed E-state index contributed by atoms with van der Waals surface area (Å²) in [6.45, 7) is -0.610. The maximum absolute atomic E-state index is 12.3. The minimum Gasteiger partial charge on any atom is -0.322 e. The summed E-state index contributed by atoms with van der Waals surface area (Å²) in [7, 11) is -3.88. The number of nitrogens with zero attached hydrogens (tertiary/aromatic N) is 2. The van der Waals surface area contributed by atoms with Gasteiger partial charge in [-0.15, -0.1) is 0 Å². The molecule has 0 aromatic heterocycles. The number of nitro benzene ring substituents is 1. The first kappa shape index (κ1) is 20.0. The number of carbonyl (C=O) groups is 1. The average molecular weight is 418 g/mol. The van der Waals surface area contributed by atoms with Gasteiger partial charge in [0.05, 0.1) is 32.6 Å². The molecule has 2 rings (SSSR count). The lowest BCUT2D eigenvalue weighted by atomic mass is 10.3. The molecule has 0 aliphatic heterocycles. The van der Waals surface area contributed by atoms with Crippen LogP contribution in [-0.4, -0.2) is 32.0 Å². The van der Waals surface area contributed by atoms with Gasteiger partial charge in [0.2, 0.25) is 15.9 Å². The Bertz CT molecular complexity index is 945. The smallest absolute Gasteiger partial charge is 0.271 e. The Kier molecular flexibility index (Phi) is 6.06. The number of amides is 1. The van der Waals surface area contributed by atoms with Crippen LogP contribution in [0.5, 0.6) is 0 Å². The molecule has 0 aliphatic carbocycles. The largest absolute Gasteiger partial charge is 0.322 e. The van der Waals surface area contributed by atoms with Crippen molar-refractivity contribution in [3.05, 3.63) is 62.6 Å². The number of nitro groups is 1. The van der Waals surface area contributed by atoms with Crippen LogP contribution in [-0.2, 0) is 14.8 Å². The lowest BCUT2D eigenvalue weighted by molar-refractivity contribution is -0.384. The van der Waals surface area contributed by atoms with Gasteiger partial charge in [-0.05, 0) is 18.2 Å². The highest BCUT2D eigenvalue weighted by molar-refractivity contribution is 7.92. The standard InChI is InChI=1S/C15H13Cl2N3O5S/c1-26(24,25)19(10-4-2-5-11(8-10)20(22)23)9-14(21)18-15-12(16)6-3-7-13(15)17/h2-8H,9H2,1H3,(H,18,21). The van der Waals surface area contributed by atoms with E-state index >= 15 is 0 Å². The molecule has 0 fully saturated rings. The zero-order valence-electron chi connectivity index (χ0n) is 13.3. The minimum absolute atomic E-state index is 0.0119. The van der Waals surface area contributed by atoms with Crippen LogP contribution >= 0.6 is 23.2 Å². The molecule has 1 amide bonds. The molecule has 0 spiro atoms. The van der Waals surface area contributed by atoms with E-state index in [1.807, 2.05) is 0 Å². The van der Waals surface area contributed by atoms with E-state index in [0.29, 0.717) is 0 Å². The second kappa shape index (κ2) is 7.90. The van der Waals surface area contributed by atoms with E-state index in [4.69, 9.17) is 23.2 Å². The molecule has 1 N–H and O–H groups in total. The third-order valence-electron chi connectivity index (χ3n) is 3.24. The zero-order chi connectivity index (χ0) is 19.5. The third kappa shape index (κ3) is 4.84. The third-order valence-corrected chi connectivity index (χ3v) is 5.01. The van der Waals surface area contributed by atoms with Crippen molar-refractivity contribution in [1.29, 1.82) is 0 Å². The van der Waals surface area contributed by atoms with Gasteiger partial charge in [-0.2, -0.15) is 0 Å². The quantitative estimate of drug-likeness (QED) is 0.572. The number of sulfonamides is 1. The second-order valence-corrected chi connectivity index (χ2v) is 7.91. The van der Waals surface area contributed by atoms with E-state index in [-0.39, 0.29) is 27.1 Å². The molecule has 2 aromatic carbocycles. The zero-order valence-corrected chi connectivity index (χ0v) is 15.7. The van der Waals surface area contributed by atoms with Crippen molar-refractivity contribution >= 4 is 56.2 Å². The van der Waals surface area contributed by atoms with E-state index in [0.717, 1.165) is 16.6 Å². The molecule has 0 aliphatic rings. The Morgan fingerprint density at radius 1 is 1.19 bits per heavy atom. The summed E-state index contributed by atoms with van der Waals surface area (Å²) in [5, 5.41) is 13.7. The van der Waals surface area contributed by atoms with Crippen LogP contribution in [0, 0.1) is 10.1 Å². The fraction of sp³-hybridized carbons (Fsp3) is 0.133. The maximum atomic E-state index is 12.3. The van der Waals surface area contributed by atoms with Gasteiger partial charge in [0.15, 0.2) is 0 Å². The van der Waals surface area contributed by atoms with Crippen molar-refractivity contribution in [2.45, 2.75) is 0 Å². The van der Waals surface area contributed by atoms with Gasteiger partial charge in [0, 0.05) is 12.1 Å². The van der Waals surface area contributed by atoms with Crippen molar-refractivity contribution < 1.29 is 18.1 Å². The molecular weight excluding hydrogens is 405 g/mol. The predicted molar refractivity (Wildman–Crippen MR) is 100 cm³/mol. The lowest BCUT2D eigenvalue weighted by Gasteiger charge is -2.22. The summed E-state index contributed by atoms with van der Waals surface area (Å²) in [4.78, 5) is 22.5. The Morgan fingerprint density at radius 2 is 1.77 bits per heavy atom. The molecule has 138 valence electrons. The SMILES string of the molecule is CS(=O)(=O)N(CC(=O)Nc1c(Cl)cccc1Cl)c1cccc([N+](=O)[O-])c1. The first-order valence-electron chi connectivity index (χ1n) is 7.05. The van der Waals surface area contributed by atoms with Crippen LogP contribution in [0.4, 0.5) is 17.1 Å². The number of para-hydroxylation sites is 1. The van der Waals surface area contributed by atoms with Crippen molar-refractivity contribution in [1.82, 2.24) is 0 Å². The topological polar surface area (TPSA) is 110 Å². The molecule has 0 unspecified atom stereocenters. The van der Waals surface area contributed by atoms with E-state index in [1.54, 1.807) is 6.07 Å². The molecule has 0 radical (unpaired) electrons. The van der Waals surface area contributed by atoms with Gasteiger partial charge < -0.3 is 5.32 Å². The number of hydrogen-bond acceptors (Lipinski definition) is 5. The fourth-order valence-electron chi connectivity index (χ4n) is 2.09. The normalized spacial score (nSPS) is 11.0. The van der Waals surface area contributed by atoms with Gasteiger partial charge in [-0.3, -0.25) is 19.2 Å².